The molecule has 1 aliphatic rings. The molecule has 2 unspecified atom stereocenters. The minimum absolute atomic E-state index is 0.0152. The van der Waals surface area contributed by atoms with Crippen LogP contribution in [0.25, 0.3) is 6.08 Å². The van der Waals surface area contributed by atoms with Gasteiger partial charge in [0.1, 0.15) is 11.9 Å². The summed E-state index contributed by atoms with van der Waals surface area (Å²) in [6.07, 6.45) is 4.64. The normalized spacial score (nSPS) is 20.0. The standard InChI is InChI=1S/C21H24N2O4/c1-16-14-23(15-19(27-16)17-6-3-2-4-7-17)21(25)11-12-22-20(24)10-9-18-8-5-13-26-18/h2-10,13,16,19H,11-12,14-15H2,1H3,(H,22,24). The van der Waals surface area contributed by atoms with Gasteiger partial charge in [-0.3, -0.25) is 9.59 Å². The summed E-state index contributed by atoms with van der Waals surface area (Å²) < 4.78 is 11.1. The van der Waals surface area contributed by atoms with E-state index in [1.165, 1.54) is 6.08 Å². The van der Waals surface area contributed by atoms with Crippen molar-refractivity contribution in [3.8, 4) is 0 Å². The maximum Gasteiger partial charge on any atom is 0.244 e. The maximum absolute atomic E-state index is 12.5. The van der Waals surface area contributed by atoms with E-state index in [1.54, 1.807) is 24.5 Å². The summed E-state index contributed by atoms with van der Waals surface area (Å²) in [4.78, 5) is 26.1. The van der Waals surface area contributed by atoms with Gasteiger partial charge in [-0.2, -0.15) is 0 Å². The lowest BCUT2D eigenvalue weighted by atomic mass is 10.1. The fourth-order valence-corrected chi connectivity index (χ4v) is 3.06. The number of nitrogens with zero attached hydrogens (tertiary/aromatic N) is 1. The Hall–Kier alpha value is -2.86. The minimum atomic E-state index is -0.253. The van der Waals surface area contributed by atoms with Gasteiger partial charge >= 0.3 is 0 Å². The van der Waals surface area contributed by atoms with Gasteiger partial charge in [-0.1, -0.05) is 30.3 Å². The molecule has 1 N–H and O–H groups in total. The zero-order valence-electron chi connectivity index (χ0n) is 15.3. The highest BCUT2D eigenvalue weighted by Gasteiger charge is 2.28. The van der Waals surface area contributed by atoms with Crippen molar-refractivity contribution in [3.05, 3.63) is 66.1 Å². The Morgan fingerprint density at radius 2 is 2.00 bits per heavy atom. The van der Waals surface area contributed by atoms with Crippen LogP contribution >= 0.6 is 0 Å². The molecule has 0 spiro atoms. The number of nitrogens with one attached hydrogen (secondary N) is 1. The predicted octanol–water partition coefficient (Wildman–Crippen LogP) is 2.79. The predicted molar refractivity (Wildman–Crippen MR) is 102 cm³/mol. The summed E-state index contributed by atoms with van der Waals surface area (Å²) in [5.74, 6) is 0.369. The third kappa shape index (κ3) is 5.56. The molecule has 0 saturated carbocycles. The SMILES string of the molecule is CC1CN(C(=O)CCNC(=O)C=Cc2ccco2)CC(c2ccccc2)O1. The van der Waals surface area contributed by atoms with Crippen LogP contribution in [0.5, 0.6) is 0 Å². The van der Waals surface area contributed by atoms with E-state index in [0.717, 1.165) is 5.56 Å². The number of furan rings is 1. The maximum atomic E-state index is 12.5. The van der Waals surface area contributed by atoms with Crippen LogP contribution in [-0.2, 0) is 14.3 Å². The van der Waals surface area contributed by atoms with Gasteiger partial charge in [0.05, 0.1) is 18.9 Å². The number of amides is 2. The number of hydrogen-bond acceptors (Lipinski definition) is 4. The van der Waals surface area contributed by atoms with Crippen molar-refractivity contribution in [3.63, 3.8) is 0 Å². The van der Waals surface area contributed by atoms with Gasteiger partial charge in [-0.25, -0.2) is 0 Å². The van der Waals surface area contributed by atoms with E-state index >= 15 is 0 Å². The summed E-state index contributed by atoms with van der Waals surface area (Å²) in [5, 5.41) is 2.72. The molecule has 1 aliphatic heterocycles. The molecule has 2 atom stereocenters. The number of rotatable bonds is 6. The first kappa shape index (κ1) is 18.9. The molecule has 0 bridgehead atoms. The quantitative estimate of drug-likeness (QED) is 0.796. The molecule has 2 amide bonds. The Kier molecular flexibility index (Phi) is 6.44. The molecular weight excluding hydrogens is 344 g/mol. The van der Waals surface area contributed by atoms with Crippen molar-refractivity contribution >= 4 is 17.9 Å². The lowest BCUT2D eigenvalue weighted by molar-refractivity contribution is -0.144. The monoisotopic (exact) mass is 368 g/mol. The van der Waals surface area contributed by atoms with Crippen molar-refractivity contribution in [2.24, 2.45) is 0 Å². The smallest absolute Gasteiger partial charge is 0.244 e. The van der Waals surface area contributed by atoms with Gasteiger partial charge in [0.2, 0.25) is 11.8 Å². The summed E-state index contributed by atoms with van der Waals surface area (Å²) >= 11 is 0. The van der Waals surface area contributed by atoms with Gasteiger partial charge in [-0.05, 0) is 30.7 Å². The lowest BCUT2D eigenvalue weighted by Gasteiger charge is -2.37. The average Bonchev–Trinajstić information content (AvgIpc) is 3.20. The van der Waals surface area contributed by atoms with Gasteiger partial charge in [0.15, 0.2) is 0 Å². The van der Waals surface area contributed by atoms with Gasteiger partial charge in [0.25, 0.3) is 0 Å². The molecule has 2 heterocycles. The Morgan fingerprint density at radius 3 is 2.74 bits per heavy atom. The van der Waals surface area contributed by atoms with Crippen LogP contribution in [0.4, 0.5) is 0 Å². The van der Waals surface area contributed by atoms with Crippen molar-refractivity contribution in [2.75, 3.05) is 19.6 Å². The first-order chi connectivity index (χ1) is 13.1. The van der Waals surface area contributed by atoms with E-state index < -0.39 is 0 Å². The Morgan fingerprint density at radius 1 is 1.19 bits per heavy atom. The molecule has 1 saturated heterocycles. The molecule has 6 heteroatoms. The van der Waals surface area contributed by atoms with E-state index in [0.29, 0.717) is 25.4 Å². The van der Waals surface area contributed by atoms with Crippen molar-refractivity contribution in [2.45, 2.75) is 25.6 Å². The lowest BCUT2D eigenvalue weighted by Crippen LogP contribution is -2.46. The van der Waals surface area contributed by atoms with Crippen LogP contribution < -0.4 is 5.32 Å². The Labute approximate surface area is 158 Å². The fourth-order valence-electron chi connectivity index (χ4n) is 3.06. The van der Waals surface area contributed by atoms with Crippen LogP contribution in [-0.4, -0.2) is 42.5 Å². The summed E-state index contributed by atoms with van der Waals surface area (Å²) in [6.45, 7) is 3.35. The van der Waals surface area contributed by atoms with E-state index in [-0.39, 0.29) is 30.4 Å². The van der Waals surface area contributed by atoms with Crippen molar-refractivity contribution in [1.29, 1.82) is 0 Å². The molecule has 3 rings (SSSR count). The highest BCUT2D eigenvalue weighted by molar-refractivity contribution is 5.91. The first-order valence-electron chi connectivity index (χ1n) is 9.09. The number of carbonyl (C=O) groups excluding carboxylic acids is 2. The van der Waals surface area contributed by atoms with Crippen molar-refractivity contribution in [1.82, 2.24) is 10.2 Å². The highest BCUT2D eigenvalue weighted by Crippen LogP contribution is 2.25. The molecule has 0 aliphatic carbocycles. The number of benzene rings is 1. The van der Waals surface area contributed by atoms with Gasteiger partial charge in [-0.15, -0.1) is 0 Å². The number of hydrogen-bond donors (Lipinski definition) is 1. The molecule has 6 nitrogen and oxygen atoms in total. The second-order valence-electron chi connectivity index (χ2n) is 6.53. The first-order valence-corrected chi connectivity index (χ1v) is 9.09. The van der Waals surface area contributed by atoms with E-state index in [1.807, 2.05) is 42.2 Å². The van der Waals surface area contributed by atoms with E-state index in [4.69, 9.17) is 9.15 Å². The van der Waals surface area contributed by atoms with Gasteiger partial charge in [0, 0.05) is 25.6 Å². The zero-order chi connectivity index (χ0) is 19.1. The van der Waals surface area contributed by atoms with E-state index in [2.05, 4.69) is 5.32 Å². The molecule has 2 aromatic rings. The molecule has 1 aromatic heterocycles. The topological polar surface area (TPSA) is 71.8 Å². The van der Waals surface area contributed by atoms with Crippen LogP contribution in [0.2, 0.25) is 0 Å². The molecule has 0 radical (unpaired) electrons. The van der Waals surface area contributed by atoms with Crippen LogP contribution in [0.3, 0.4) is 0 Å². The molecule has 142 valence electrons. The van der Waals surface area contributed by atoms with Gasteiger partial charge < -0.3 is 19.4 Å². The number of ether oxygens (including phenoxy) is 1. The number of carbonyl (C=O) groups is 2. The minimum Gasteiger partial charge on any atom is -0.465 e. The third-order valence-electron chi connectivity index (χ3n) is 4.36. The average molecular weight is 368 g/mol. The zero-order valence-corrected chi connectivity index (χ0v) is 15.3. The fraction of sp³-hybridized carbons (Fsp3) is 0.333. The molecular formula is C21H24N2O4. The van der Waals surface area contributed by atoms with Crippen LogP contribution in [0, 0.1) is 0 Å². The molecule has 1 fully saturated rings. The molecule has 27 heavy (non-hydrogen) atoms. The van der Waals surface area contributed by atoms with E-state index in [9.17, 15) is 9.59 Å². The highest BCUT2D eigenvalue weighted by atomic mass is 16.5. The number of morpholine rings is 1. The summed E-state index contributed by atoms with van der Waals surface area (Å²) in [6, 6.07) is 13.4. The molecule has 1 aromatic carbocycles. The second-order valence-corrected chi connectivity index (χ2v) is 6.53. The van der Waals surface area contributed by atoms with Crippen LogP contribution in [0.1, 0.15) is 30.8 Å². The summed E-state index contributed by atoms with van der Waals surface area (Å²) in [7, 11) is 0. The summed E-state index contributed by atoms with van der Waals surface area (Å²) in [5.41, 5.74) is 1.07. The Balaban J connectivity index is 1.46. The van der Waals surface area contributed by atoms with Crippen molar-refractivity contribution < 1.29 is 18.7 Å². The third-order valence-corrected chi connectivity index (χ3v) is 4.36. The van der Waals surface area contributed by atoms with Crippen LogP contribution in [0.15, 0.2) is 59.2 Å². The Bertz CT molecular complexity index is 771. The second kappa shape index (κ2) is 9.19. The largest absolute Gasteiger partial charge is 0.465 e.